The number of aryl methyl sites for hydroxylation is 1. The SMILES string of the molecule is Cc1cccc(C(=O)Nc2cccc(N3CCN(S(C)(=O)=O)CC3)c2)c1. The van der Waals surface area contributed by atoms with Gasteiger partial charge in [-0.3, -0.25) is 4.79 Å². The fraction of sp³-hybridized carbons (Fsp3) is 0.316. The first-order valence-corrected chi connectivity index (χ1v) is 10.4. The first kappa shape index (κ1) is 18.4. The molecule has 1 fully saturated rings. The third kappa shape index (κ3) is 4.42. The summed E-state index contributed by atoms with van der Waals surface area (Å²) in [6.07, 6.45) is 1.24. The molecule has 0 saturated carbocycles. The van der Waals surface area contributed by atoms with Gasteiger partial charge in [0.2, 0.25) is 10.0 Å². The van der Waals surface area contributed by atoms with Crippen molar-refractivity contribution in [2.24, 2.45) is 0 Å². The Balaban J connectivity index is 1.68. The van der Waals surface area contributed by atoms with E-state index in [1.165, 1.54) is 10.6 Å². The van der Waals surface area contributed by atoms with E-state index in [0.717, 1.165) is 16.9 Å². The van der Waals surface area contributed by atoms with Crippen LogP contribution in [0.15, 0.2) is 48.5 Å². The molecule has 0 atom stereocenters. The standard InChI is InChI=1S/C19H23N3O3S/c1-15-5-3-6-16(13-15)19(23)20-17-7-4-8-18(14-17)21-9-11-22(12-10-21)26(2,24)25/h3-8,13-14H,9-12H2,1-2H3,(H,20,23). The highest BCUT2D eigenvalue weighted by atomic mass is 32.2. The Morgan fingerprint density at radius 2 is 1.69 bits per heavy atom. The van der Waals surface area contributed by atoms with E-state index >= 15 is 0 Å². The van der Waals surface area contributed by atoms with E-state index in [1.54, 1.807) is 6.07 Å². The van der Waals surface area contributed by atoms with Gasteiger partial charge in [0.25, 0.3) is 5.91 Å². The van der Waals surface area contributed by atoms with Crippen LogP contribution in [0.3, 0.4) is 0 Å². The predicted molar refractivity (Wildman–Crippen MR) is 104 cm³/mol. The zero-order valence-corrected chi connectivity index (χ0v) is 15.8. The Hall–Kier alpha value is -2.38. The zero-order chi connectivity index (χ0) is 18.7. The fourth-order valence-electron chi connectivity index (χ4n) is 3.05. The second kappa shape index (κ2) is 7.47. The summed E-state index contributed by atoms with van der Waals surface area (Å²) in [5, 5.41) is 2.93. The molecular formula is C19H23N3O3S. The van der Waals surface area contributed by atoms with Crippen LogP contribution in [-0.2, 0) is 10.0 Å². The van der Waals surface area contributed by atoms with Crippen molar-refractivity contribution in [3.63, 3.8) is 0 Å². The lowest BCUT2D eigenvalue weighted by atomic mass is 10.1. The number of hydrogen-bond acceptors (Lipinski definition) is 4. The van der Waals surface area contributed by atoms with Gasteiger partial charge in [-0.15, -0.1) is 0 Å². The summed E-state index contributed by atoms with van der Waals surface area (Å²) in [7, 11) is -3.14. The summed E-state index contributed by atoms with van der Waals surface area (Å²) in [4.78, 5) is 14.5. The van der Waals surface area contributed by atoms with Crippen molar-refractivity contribution in [1.82, 2.24) is 4.31 Å². The Kier molecular flexibility index (Phi) is 5.29. The van der Waals surface area contributed by atoms with Crippen LogP contribution in [0.5, 0.6) is 0 Å². The summed E-state index contributed by atoms with van der Waals surface area (Å²) in [5.74, 6) is -0.146. The average Bonchev–Trinajstić information content (AvgIpc) is 2.61. The normalized spacial score (nSPS) is 15.7. The highest BCUT2D eigenvalue weighted by Gasteiger charge is 2.23. The number of nitrogens with one attached hydrogen (secondary N) is 1. The Labute approximate surface area is 154 Å². The summed E-state index contributed by atoms with van der Waals surface area (Å²) in [6, 6.07) is 15.1. The van der Waals surface area contributed by atoms with Crippen LogP contribution < -0.4 is 10.2 Å². The maximum atomic E-state index is 12.4. The van der Waals surface area contributed by atoms with Gasteiger partial charge in [-0.1, -0.05) is 23.8 Å². The first-order chi connectivity index (χ1) is 12.3. The molecule has 1 saturated heterocycles. The molecule has 1 aliphatic heterocycles. The monoisotopic (exact) mass is 373 g/mol. The van der Waals surface area contributed by atoms with Crippen LogP contribution in [0, 0.1) is 6.92 Å². The Morgan fingerprint density at radius 3 is 2.35 bits per heavy atom. The first-order valence-electron chi connectivity index (χ1n) is 8.51. The van der Waals surface area contributed by atoms with Crippen LogP contribution in [0.25, 0.3) is 0 Å². The number of nitrogens with zero attached hydrogens (tertiary/aromatic N) is 2. The molecule has 26 heavy (non-hydrogen) atoms. The van der Waals surface area contributed by atoms with E-state index in [4.69, 9.17) is 0 Å². The van der Waals surface area contributed by atoms with Gasteiger partial charge in [0.05, 0.1) is 6.26 Å². The van der Waals surface area contributed by atoms with Gasteiger partial charge in [0.1, 0.15) is 0 Å². The molecule has 0 bridgehead atoms. The van der Waals surface area contributed by atoms with E-state index in [9.17, 15) is 13.2 Å². The van der Waals surface area contributed by atoms with Crippen molar-refractivity contribution in [2.75, 3.05) is 42.7 Å². The van der Waals surface area contributed by atoms with Crippen molar-refractivity contribution < 1.29 is 13.2 Å². The summed E-state index contributed by atoms with van der Waals surface area (Å²) in [5.41, 5.74) is 3.35. The molecule has 7 heteroatoms. The number of anilines is 2. The number of rotatable bonds is 4. The highest BCUT2D eigenvalue weighted by Crippen LogP contribution is 2.22. The molecule has 1 N–H and O–H groups in total. The quantitative estimate of drug-likeness (QED) is 0.893. The van der Waals surface area contributed by atoms with E-state index in [-0.39, 0.29) is 5.91 Å². The number of sulfonamides is 1. The van der Waals surface area contributed by atoms with Gasteiger partial charge >= 0.3 is 0 Å². The number of benzene rings is 2. The molecule has 0 aromatic heterocycles. The van der Waals surface area contributed by atoms with Crippen LogP contribution in [0.2, 0.25) is 0 Å². The van der Waals surface area contributed by atoms with Gasteiger partial charge in [-0.25, -0.2) is 8.42 Å². The molecule has 1 aliphatic rings. The molecule has 3 rings (SSSR count). The fourth-order valence-corrected chi connectivity index (χ4v) is 3.87. The maximum absolute atomic E-state index is 12.4. The van der Waals surface area contributed by atoms with Crippen molar-refractivity contribution in [3.8, 4) is 0 Å². The maximum Gasteiger partial charge on any atom is 0.255 e. The number of hydrogen-bond donors (Lipinski definition) is 1. The minimum atomic E-state index is -3.14. The van der Waals surface area contributed by atoms with Crippen molar-refractivity contribution in [3.05, 3.63) is 59.7 Å². The molecular weight excluding hydrogens is 350 g/mol. The minimum Gasteiger partial charge on any atom is -0.369 e. The van der Waals surface area contributed by atoms with Crippen LogP contribution in [0.1, 0.15) is 15.9 Å². The molecule has 6 nitrogen and oxygen atoms in total. The molecule has 0 spiro atoms. The molecule has 2 aromatic rings. The smallest absolute Gasteiger partial charge is 0.255 e. The summed E-state index contributed by atoms with van der Waals surface area (Å²) < 4.78 is 24.7. The van der Waals surface area contributed by atoms with E-state index < -0.39 is 10.0 Å². The molecule has 1 amide bonds. The second-order valence-electron chi connectivity index (χ2n) is 6.52. The molecule has 0 radical (unpaired) electrons. The van der Waals surface area contributed by atoms with Crippen molar-refractivity contribution in [1.29, 1.82) is 0 Å². The third-order valence-electron chi connectivity index (χ3n) is 4.46. The van der Waals surface area contributed by atoms with Gasteiger partial charge in [0.15, 0.2) is 0 Å². The predicted octanol–water partition coefficient (Wildman–Crippen LogP) is 2.33. The second-order valence-corrected chi connectivity index (χ2v) is 8.51. The van der Waals surface area contributed by atoms with Crippen LogP contribution in [0.4, 0.5) is 11.4 Å². The number of piperazine rings is 1. The average molecular weight is 373 g/mol. The van der Waals surface area contributed by atoms with E-state index in [1.807, 2.05) is 49.4 Å². The number of carbonyl (C=O) groups excluding carboxylic acids is 1. The van der Waals surface area contributed by atoms with Gasteiger partial charge in [-0.05, 0) is 37.3 Å². The molecule has 138 valence electrons. The van der Waals surface area contributed by atoms with Gasteiger partial charge < -0.3 is 10.2 Å². The summed E-state index contributed by atoms with van der Waals surface area (Å²) >= 11 is 0. The van der Waals surface area contributed by atoms with Crippen molar-refractivity contribution in [2.45, 2.75) is 6.92 Å². The van der Waals surface area contributed by atoms with E-state index in [2.05, 4.69) is 10.2 Å². The van der Waals surface area contributed by atoms with Gasteiger partial charge in [0, 0.05) is 43.1 Å². The third-order valence-corrected chi connectivity index (χ3v) is 5.76. The highest BCUT2D eigenvalue weighted by molar-refractivity contribution is 7.88. The minimum absolute atomic E-state index is 0.146. The Morgan fingerprint density at radius 1 is 1.00 bits per heavy atom. The lowest BCUT2D eigenvalue weighted by Crippen LogP contribution is -2.48. The lowest BCUT2D eigenvalue weighted by Gasteiger charge is -2.34. The number of carbonyl (C=O) groups is 1. The van der Waals surface area contributed by atoms with Crippen molar-refractivity contribution >= 4 is 27.3 Å². The lowest BCUT2D eigenvalue weighted by molar-refractivity contribution is 0.102. The summed E-state index contributed by atoms with van der Waals surface area (Å²) in [6.45, 7) is 4.15. The Bertz CT molecular complexity index is 904. The molecule has 0 aliphatic carbocycles. The van der Waals surface area contributed by atoms with Crippen LogP contribution in [-0.4, -0.2) is 51.1 Å². The number of amides is 1. The molecule has 1 heterocycles. The van der Waals surface area contributed by atoms with Gasteiger partial charge in [-0.2, -0.15) is 4.31 Å². The van der Waals surface area contributed by atoms with Crippen LogP contribution >= 0.6 is 0 Å². The molecule has 2 aromatic carbocycles. The largest absolute Gasteiger partial charge is 0.369 e. The topological polar surface area (TPSA) is 69.7 Å². The zero-order valence-electron chi connectivity index (χ0n) is 15.0. The van der Waals surface area contributed by atoms with E-state index in [0.29, 0.717) is 31.7 Å². The molecule has 0 unspecified atom stereocenters.